The number of anilines is 2. The van der Waals surface area contributed by atoms with E-state index < -0.39 is 0 Å². The van der Waals surface area contributed by atoms with Crippen LogP contribution in [0, 0.1) is 0 Å². The first-order chi connectivity index (χ1) is 7.63. The first-order valence-electron chi connectivity index (χ1n) is 5.59. The molecule has 16 heavy (non-hydrogen) atoms. The lowest BCUT2D eigenvalue weighted by molar-refractivity contribution is 0.665. The van der Waals surface area contributed by atoms with Crippen LogP contribution in [0.5, 0.6) is 0 Å². The van der Waals surface area contributed by atoms with Crippen LogP contribution < -0.4 is 10.6 Å². The van der Waals surface area contributed by atoms with Crippen molar-refractivity contribution in [1.29, 1.82) is 0 Å². The molecule has 1 unspecified atom stereocenters. The maximum absolute atomic E-state index is 6.06. The molecule has 0 fully saturated rings. The summed E-state index contributed by atoms with van der Waals surface area (Å²) in [5.41, 5.74) is 8.95. The molecule has 0 saturated carbocycles. The highest BCUT2D eigenvalue weighted by Gasteiger charge is 2.12. The molecule has 3 N–H and O–H groups in total. The summed E-state index contributed by atoms with van der Waals surface area (Å²) in [6, 6.07) is 4.50. The number of hydrogen-bond donors (Lipinski definition) is 2. The Bertz CT molecular complexity index is 489. The summed E-state index contributed by atoms with van der Waals surface area (Å²) >= 11 is 0. The average Bonchev–Trinajstić information content (AvgIpc) is 2.72. The van der Waals surface area contributed by atoms with E-state index >= 15 is 0 Å². The van der Waals surface area contributed by atoms with Gasteiger partial charge in [-0.1, -0.05) is 6.92 Å². The number of nitrogens with zero attached hydrogens (tertiary/aromatic N) is 2. The second-order valence-corrected chi connectivity index (χ2v) is 4.24. The number of nitrogen functional groups attached to an aromatic ring is 1. The van der Waals surface area contributed by atoms with Gasteiger partial charge in [-0.25, -0.2) is 0 Å². The van der Waals surface area contributed by atoms with Gasteiger partial charge in [-0.3, -0.25) is 5.10 Å². The zero-order valence-electron chi connectivity index (χ0n) is 9.99. The number of aromatic amines is 1. The molecule has 0 aliphatic heterocycles. The highest BCUT2D eigenvalue weighted by atomic mass is 15.1. The minimum Gasteiger partial charge on any atom is -0.397 e. The normalized spacial score (nSPS) is 12.9. The van der Waals surface area contributed by atoms with Crippen molar-refractivity contribution in [3.8, 4) is 0 Å². The number of hydrogen-bond acceptors (Lipinski definition) is 3. The van der Waals surface area contributed by atoms with E-state index in [-0.39, 0.29) is 0 Å². The van der Waals surface area contributed by atoms with Crippen molar-refractivity contribution in [2.75, 3.05) is 17.7 Å². The predicted octanol–water partition coefficient (Wildman–Crippen LogP) is 2.38. The molecule has 2 rings (SSSR count). The molecule has 1 atom stereocenters. The molecule has 0 radical (unpaired) electrons. The van der Waals surface area contributed by atoms with Crippen LogP contribution in [0.15, 0.2) is 18.3 Å². The fourth-order valence-corrected chi connectivity index (χ4v) is 1.81. The zero-order valence-corrected chi connectivity index (χ0v) is 9.99. The SMILES string of the molecule is CCC(C)N(C)c1cc2[nH]ncc2cc1N. The molecule has 0 amide bonds. The summed E-state index contributed by atoms with van der Waals surface area (Å²) in [4.78, 5) is 2.20. The first kappa shape index (κ1) is 10.8. The Morgan fingerprint density at radius 1 is 1.50 bits per heavy atom. The topological polar surface area (TPSA) is 57.9 Å². The van der Waals surface area contributed by atoms with E-state index in [1.807, 2.05) is 6.07 Å². The quantitative estimate of drug-likeness (QED) is 0.778. The second-order valence-electron chi connectivity index (χ2n) is 4.24. The van der Waals surface area contributed by atoms with Gasteiger partial charge in [0, 0.05) is 18.5 Å². The number of H-pyrrole nitrogens is 1. The van der Waals surface area contributed by atoms with Crippen LogP contribution in [-0.2, 0) is 0 Å². The Labute approximate surface area is 95.4 Å². The molecule has 2 aromatic rings. The number of nitrogens with one attached hydrogen (secondary N) is 1. The Balaban J connectivity index is 2.46. The van der Waals surface area contributed by atoms with Crippen LogP contribution >= 0.6 is 0 Å². The van der Waals surface area contributed by atoms with Gasteiger partial charge in [-0.15, -0.1) is 0 Å². The third kappa shape index (κ3) is 1.71. The molecule has 4 heteroatoms. The van der Waals surface area contributed by atoms with Gasteiger partial charge in [0.2, 0.25) is 0 Å². The molecule has 0 spiro atoms. The number of aromatic nitrogens is 2. The van der Waals surface area contributed by atoms with Crippen molar-refractivity contribution in [1.82, 2.24) is 10.2 Å². The van der Waals surface area contributed by atoms with E-state index in [0.717, 1.165) is 28.7 Å². The summed E-state index contributed by atoms with van der Waals surface area (Å²) in [5, 5.41) is 8.03. The fourth-order valence-electron chi connectivity index (χ4n) is 1.81. The van der Waals surface area contributed by atoms with Crippen molar-refractivity contribution in [3.63, 3.8) is 0 Å². The lowest BCUT2D eigenvalue weighted by atomic mass is 10.1. The minimum absolute atomic E-state index is 0.475. The molecule has 86 valence electrons. The summed E-state index contributed by atoms with van der Waals surface area (Å²) in [6.07, 6.45) is 2.88. The molecule has 0 aliphatic carbocycles. The van der Waals surface area contributed by atoms with Crippen LogP contribution in [0.1, 0.15) is 20.3 Å². The Morgan fingerprint density at radius 2 is 2.25 bits per heavy atom. The lowest BCUT2D eigenvalue weighted by Crippen LogP contribution is -2.28. The molecule has 1 heterocycles. The van der Waals surface area contributed by atoms with Crippen LogP contribution in [0.2, 0.25) is 0 Å². The van der Waals surface area contributed by atoms with E-state index in [1.54, 1.807) is 6.20 Å². The van der Waals surface area contributed by atoms with E-state index in [2.05, 4.69) is 42.1 Å². The molecule has 1 aromatic carbocycles. The fraction of sp³-hybridized carbons (Fsp3) is 0.417. The maximum atomic E-state index is 6.06. The molecule has 0 bridgehead atoms. The highest BCUT2D eigenvalue weighted by Crippen LogP contribution is 2.28. The summed E-state index contributed by atoms with van der Waals surface area (Å²) in [5.74, 6) is 0. The predicted molar refractivity (Wildman–Crippen MR) is 68.7 cm³/mol. The summed E-state index contributed by atoms with van der Waals surface area (Å²) in [6.45, 7) is 4.36. The van der Waals surface area contributed by atoms with Gasteiger partial charge in [-0.2, -0.15) is 5.10 Å². The molecule has 0 saturated heterocycles. The van der Waals surface area contributed by atoms with Crippen molar-refractivity contribution >= 4 is 22.3 Å². The maximum Gasteiger partial charge on any atom is 0.0672 e. The van der Waals surface area contributed by atoms with Crippen LogP contribution in [-0.4, -0.2) is 23.3 Å². The average molecular weight is 218 g/mol. The summed E-state index contributed by atoms with van der Waals surface area (Å²) < 4.78 is 0. The summed E-state index contributed by atoms with van der Waals surface area (Å²) in [7, 11) is 2.07. The Hall–Kier alpha value is -1.71. The molecule has 4 nitrogen and oxygen atoms in total. The molecule has 1 aromatic heterocycles. The number of nitrogens with two attached hydrogens (primary N) is 1. The van der Waals surface area contributed by atoms with Crippen molar-refractivity contribution < 1.29 is 0 Å². The van der Waals surface area contributed by atoms with Gasteiger partial charge in [0.05, 0.1) is 23.1 Å². The number of fused-ring (bicyclic) bond motifs is 1. The van der Waals surface area contributed by atoms with Crippen molar-refractivity contribution in [2.45, 2.75) is 26.3 Å². The lowest BCUT2D eigenvalue weighted by Gasteiger charge is -2.27. The standard InChI is InChI=1S/C12H18N4/c1-4-8(2)16(3)12-6-11-9(5-10(12)13)7-14-15-11/h5-8H,4,13H2,1-3H3,(H,14,15). The first-order valence-corrected chi connectivity index (χ1v) is 5.59. The van der Waals surface area contributed by atoms with E-state index in [4.69, 9.17) is 5.73 Å². The highest BCUT2D eigenvalue weighted by molar-refractivity contribution is 5.88. The van der Waals surface area contributed by atoms with Crippen LogP contribution in [0.25, 0.3) is 10.9 Å². The minimum atomic E-state index is 0.475. The molecular weight excluding hydrogens is 200 g/mol. The monoisotopic (exact) mass is 218 g/mol. The van der Waals surface area contributed by atoms with Gasteiger partial charge >= 0.3 is 0 Å². The molecular formula is C12H18N4. The van der Waals surface area contributed by atoms with Crippen LogP contribution in [0.4, 0.5) is 11.4 Å². The second kappa shape index (κ2) is 4.04. The largest absolute Gasteiger partial charge is 0.397 e. The van der Waals surface area contributed by atoms with E-state index in [0.29, 0.717) is 6.04 Å². The van der Waals surface area contributed by atoms with Gasteiger partial charge in [0.1, 0.15) is 0 Å². The third-order valence-electron chi connectivity index (χ3n) is 3.22. The van der Waals surface area contributed by atoms with Crippen molar-refractivity contribution in [2.24, 2.45) is 0 Å². The number of benzene rings is 1. The Kier molecular flexibility index (Phi) is 2.73. The van der Waals surface area contributed by atoms with Crippen molar-refractivity contribution in [3.05, 3.63) is 18.3 Å². The van der Waals surface area contributed by atoms with E-state index in [9.17, 15) is 0 Å². The number of rotatable bonds is 3. The van der Waals surface area contributed by atoms with Crippen LogP contribution in [0.3, 0.4) is 0 Å². The Morgan fingerprint density at radius 3 is 2.94 bits per heavy atom. The third-order valence-corrected chi connectivity index (χ3v) is 3.22. The van der Waals surface area contributed by atoms with Gasteiger partial charge in [0.25, 0.3) is 0 Å². The van der Waals surface area contributed by atoms with Gasteiger partial charge in [0.15, 0.2) is 0 Å². The zero-order chi connectivity index (χ0) is 11.7. The molecule has 0 aliphatic rings. The van der Waals surface area contributed by atoms with Gasteiger partial charge < -0.3 is 10.6 Å². The van der Waals surface area contributed by atoms with E-state index in [1.165, 1.54) is 0 Å². The van der Waals surface area contributed by atoms with Gasteiger partial charge in [-0.05, 0) is 25.5 Å². The smallest absolute Gasteiger partial charge is 0.0672 e.